The molecule has 0 spiro atoms. The van der Waals surface area contributed by atoms with Crippen molar-refractivity contribution in [3.8, 4) is 28.7 Å². The summed E-state index contributed by atoms with van der Waals surface area (Å²) in [6, 6.07) is 19.1. The summed E-state index contributed by atoms with van der Waals surface area (Å²) in [5.74, 6) is 1.07. The quantitative estimate of drug-likeness (QED) is 0.528. The number of amides is 1. The topological polar surface area (TPSA) is 100 Å². The zero-order valence-electron chi connectivity index (χ0n) is 17.8. The van der Waals surface area contributed by atoms with Crippen LogP contribution in [0.15, 0.2) is 59.1 Å². The fraction of sp³-hybridized carbons (Fsp3) is 0.320. The van der Waals surface area contributed by atoms with Crippen LogP contribution in [0.3, 0.4) is 0 Å². The van der Waals surface area contributed by atoms with Crippen LogP contribution in [0.25, 0.3) is 22.6 Å². The summed E-state index contributed by atoms with van der Waals surface area (Å²) < 4.78 is 11.0. The Morgan fingerprint density at radius 2 is 1.91 bits per heavy atom. The highest BCUT2D eigenvalue weighted by Gasteiger charge is 2.14. The second kappa shape index (κ2) is 10.7. The van der Waals surface area contributed by atoms with Crippen LogP contribution in [-0.2, 0) is 11.3 Å². The van der Waals surface area contributed by atoms with Crippen molar-refractivity contribution in [2.24, 2.45) is 5.92 Å². The van der Waals surface area contributed by atoms with E-state index in [1.165, 1.54) is 5.56 Å². The lowest BCUT2D eigenvalue weighted by Gasteiger charge is -2.22. The third kappa shape index (κ3) is 5.61. The fourth-order valence-electron chi connectivity index (χ4n) is 3.75. The number of nitrogens with zero attached hydrogens (tertiary/aromatic N) is 2. The first-order chi connectivity index (χ1) is 15.7. The summed E-state index contributed by atoms with van der Waals surface area (Å²) in [7, 11) is 0. The molecule has 7 nitrogen and oxygen atoms in total. The lowest BCUT2D eigenvalue weighted by molar-refractivity contribution is 0.0662. The van der Waals surface area contributed by atoms with Gasteiger partial charge in [-0.3, -0.25) is 4.79 Å². The van der Waals surface area contributed by atoms with Crippen molar-refractivity contribution in [2.75, 3.05) is 26.3 Å². The minimum Gasteiger partial charge on any atom is -0.381 e. The Balaban J connectivity index is 1.37. The van der Waals surface area contributed by atoms with Crippen LogP contribution < -0.4 is 10.6 Å². The van der Waals surface area contributed by atoms with Gasteiger partial charge in [-0.15, -0.1) is 0 Å². The maximum Gasteiger partial charge on any atom is 0.252 e. The molecule has 1 fully saturated rings. The van der Waals surface area contributed by atoms with Gasteiger partial charge >= 0.3 is 0 Å². The molecule has 0 atom stereocenters. The predicted octanol–water partition coefficient (Wildman–Crippen LogP) is 3.78. The van der Waals surface area contributed by atoms with Gasteiger partial charge < -0.3 is 19.9 Å². The van der Waals surface area contributed by atoms with Gasteiger partial charge in [0.2, 0.25) is 0 Å². The van der Waals surface area contributed by atoms with Crippen LogP contribution >= 0.6 is 0 Å². The largest absolute Gasteiger partial charge is 0.381 e. The maximum atomic E-state index is 12.1. The fourth-order valence-corrected chi connectivity index (χ4v) is 3.75. The van der Waals surface area contributed by atoms with E-state index in [0.29, 0.717) is 22.9 Å². The van der Waals surface area contributed by atoms with Crippen LogP contribution in [0.5, 0.6) is 0 Å². The molecule has 7 heteroatoms. The number of hydrogen-bond acceptors (Lipinski definition) is 6. The maximum absolute atomic E-state index is 12.1. The first kappa shape index (κ1) is 21.8. The monoisotopic (exact) mass is 430 g/mol. The number of rotatable bonds is 8. The van der Waals surface area contributed by atoms with E-state index in [2.05, 4.69) is 27.9 Å². The molecule has 2 aromatic carbocycles. The lowest BCUT2D eigenvalue weighted by atomic mass is 10.0. The summed E-state index contributed by atoms with van der Waals surface area (Å²) >= 11 is 0. The summed E-state index contributed by atoms with van der Waals surface area (Å²) in [6.07, 6.45) is 2.26. The lowest BCUT2D eigenvalue weighted by Crippen LogP contribution is -2.27. The van der Waals surface area contributed by atoms with Crippen LogP contribution in [0.1, 0.15) is 28.8 Å². The van der Waals surface area contributed by atoms with Gasteiger partial charge in [-0.2, -0.15) is 5.26 Å². The molecule has 2 N–H and O–H groups in total. The second-order valence-corrected chi connectivity index (χ2v) is 7.88. The molecule has 1 amide bonds. The molecular weight excluding hydrogens is 404 g/mol. The minimum atomic E-state index is -0.293. The number of hydrogen-bond donors (Lipinski definition) is 2. The zero-order valence-corrected chi connectivity index (χ0v) is 17.8. The standard InChI is InChI=1S/C25H26N4O3/c26-10-11-28-25(30)22-3-1-2-21(14-22)23-15-24(32-29-23)20-6-4-18(5-7-20)16-27-17-19-8-12-31-13-9-19/h1-7,14-15,19,27H,8-9,11-13,16-17H2,(H,28,30). The van der Waals surface area contributed by atoms with Gasteiger partial charge in [0.1, 0.15) is 12.2 Å². The number of ether oxygens (including phenoxy) is 1. The van der Waals surface area contributed by atoms with Crippen molar-refractivity contribution in [3.63, 3.8) is 0 Å². The number of aromatic nitrogens is 1. The van der Waals surface area contributed by atoms with Crippen molar-refractivity contribution in [2.45, 2.75) is 19.4 Å². The first-order valence-corrected chi connectivity index (χ1v) is 10.8. The number of carbonyl (C=O) groups excluding carboxylic acids is 1. The molecule has 0 saturated carbocycles. The van der Waals surface area contributed by atoms with Gasteiger partial charge in [-0.05, 0) is 43.0 Å². The van der Waals surface area contributed by atoms with E-state index in [-0.39, 0.29) is 12.5 Å². The van der Waals surface area contributed by atoms with Crippen LogP contribution in [0.2, 0.25) is 0 Å². The van der Waals surface area contributed by atoms with Crippen molar-refractivity contribution in [3.05, 3.63) is 65.7 Å². The zero-order chi connectivity index (χ0) is 22.2. The van der Waals surface area contributed by atoms with Gasteiger partial charge in [0.05, 0.1) is 6.07 Å². The number of nitrogens with one attached hydrogen (secondary N) is 2. The molecule has 164 valence electrons. The Kier molecular flexibility index (Phi) is 7.28. The Hall–Kier alpha value is -3.47. The molecule has 0 radical (unpaired) electrons. The van der Waals surface area contributed by atoms with Gasteiger partial charge in [0, 0.05) is 42.5 Å². The third-order valence-corrected chi connectivity index (χ3v) is 5.60. The van der Waals surface area contributed by atoms with Crippen molar-refractivity contribution in [1.82, 2.24) is 15.8 Å². The van der Waals surface area contributed by atoms with E-state index in [0.717, 1.165) is 50.3 Å². The SMILES string of the molecule is N#CCNC(=O)c1cccc(-c2cc(-c3ccc(CNCC4CCOCC4)cc3)on2)c1. The van der Waals surface area contributed by atoms with E-state index < -0.39 is 0 Å². The molecule has 0 unspecified atom stereocenters. The molecule has 0 bridgehead atoms. The smallest absolute Gasteiger partial charge is 0.252 e. The highest BCUT2D eigenvalue weighted by atomic mass is 16.5. The summed E-state index contributed by atoms with van der Waals surface area (Å²) in [6.45, 7) is 3.57. The molecular formula is C25H26N4O3. The molecule has 32 heavy (non-hydrogen) atoms. The highest BCUT2D eigenvalue weighted by Crippen LogP contribution is 2.27. The molecule has 4 rings (SSSR count). The van der Waals surface area contributed by atoms with E-state index in [1.807, 2.05) is 30.3 Å². The van der Waals surface area contributed by atoms with Gasteiger partial charge in [-0.25, -0.2) is 0 Å². The Labute approximate surface area is 187 Å². The van der Waals surface area contributed by atoms with Crippen molar-refractivity contribution in [1.29, 1.82) is 5.26 Å². The van der Waals surface area contributed by atoms with Gasteiger partial charge in [0.15, 0.2) is 5.76 Å². The van der Waals surface area contributed by atoms with Crippen molar-refractivity contribution >= 4 is 5.91 Å². The van der Waals surface area contributed by atoms with Crippen LogP contribution in [-0.4, -0.2) is 37.4 Å². The molecule has 2 heterocycles. The molecule has 1 aromatic heterocycles. The molecule has 0 aliphatic carbocycles. The van der Waals surface area contributed by atoms with E-state index in [1.54, 1.807) is 18.2 Å². The Bertz CT molecular complexity index is 1080. The minimum absolute atomic E-state index is 0.0295. The van der Waals surface area contributed by atoms with E-state index >= 15 is 0 Å². The third-order valence-electron chi connectivity index (χ3n) is 5.60. The van der Waals surface area contributed by atoms with Crippen LogP contribution in [0.4, 0.5) is 0 Å². The average molecular weight is 431 g/mol. The van der Waals surface area contributed by atoms with E-state index in [4.69, 9.17) is 14.5 Å². The first-order valence-electron chi connectivity index (χ1n) is 10.8. The Morgan fingerprint density at radius 3 is 2.69 bits per heavy atom. The number of carbonyl (C=O) groups is 1. The highest BCUT2D eigenvalue weighted by molar-refractivity contribution is 5.95. The second-order valence-electron chi connectivity index (χ2n) is 7.88. The average Bonchev–Trinajstić information content (AvgIpc) is 3.34. The number of benzene rings is 2. The normalized spacial score (nSPS) is 14.1. The predicted molar refractivity (Wildman–Crippen MR) is 121 cm³/mol. The van der Waals surface area contributed by atoms with Crippen molar-refractivity contribution < 1.29 is 14.1 Å². The Morgan fingerprint density at radius 1 is 1.09 bits per heavy atom. The molecule has 1 aliphatic heterocycles. The van der Waals surface area contributed by atoms with Crippen LogP contribution in [0, 0.1) is 17.2 Å². The number of nitriles is 1. The molecule has 1 aliphatic rings. The van der Waals surface area contributed by atoms with E-state index in [9.17, 15) is 4.79 Å². The molecule has 3 aromatic rings. The molecule has 1 saturated heterocycles. The summed E-state index contributed by atoms with van der Waals surface area (Å²) in [5.41, 5.74) is 4.06. The van der Waals surface area contributed by atoms with Gasteiger partial charge in [0.25, 0.3) is 5.91 Å². The summed E-state index contributed by atoms with van der Waals surface area (Å²) in [4.78, 5) is 12.1. The summed E-state index contributed by atoms with van der Waals surface area (Å²) in [5, 5.41) is 18.9. The van der Waals surface area contributed by atoms with Gasteiger partial charge in [-0.1, -0.05) is 41.6 Å².